The molecule has 0 amide bonds. The fraction of sp³-hybridized carbons (Fsp3) is 0.436. The molecule has 0 bridgehead atoms. The molecule has 0 aromatic heterocycles. The van der Waals surface area contributed by atoms with Gasteiger partial charge in [-0.3, -0.25) is 4.79 Å². The Morgan fingerprint density at radius 3 is 2.21 bits per heavy atom. The number of rotatable bonds is 19. The summed E-state index contributed by atoms with van der Waals surface area (Å²) in [6, 6.07) is 26.3. The van der Waals surface area contributed by atoms with Crippen LogP contribution >= 0.6 is 11.6 Å². The minimum absolute atomic E-state index is 0.150. The quantitative estimate of drug-likeness (QED) is 0.0534. The number of Topliss-reactive ketones (excluding diaryl/α,β-unsaturated/α-hetero) is 1. The van der Waals surface area contributed by atoms with Crippen molar-refractivity contribution in [3.05, 3.63) is 130 Å². The number of unbranched alkanes of at least 4 members (excludes halogenated alkanes) is 4. The molecule has 2 aliphatic heterocycles. The second-order valence-corrected chi connectivity index (χ2v) is 18.8. The number of ketones is 1. The number of carbonyl (C=O) groups excluding carboxylic acids is 2. The predicted molar refractivity (Wildman–Crippen MR) is 258 cm³/mol. The summed E-state index contributed by atoms with van der Waals surface area (Å²) < 4.78 is 14.5. The van der Waals surface area contributed by atoms with Crippen molar-refractivity contribution in [1.82, 2.24) is 0 Å². The Bertz CT molecular complexity index is 2470. The van der Waals surface area contributed by atoms with Crippen LogP contribution in [0, 0.1) is 0 Å². The lowest BCUT2D eigenvalue weighted by Crippen LogP contribution is -2.29. The van der Waals surface area contributed by atoms with E-state index in [1.807, 2.05) is 0 Å². The fourth-order valence-corrected chi connectivity index (χ4v) is 10.3. The normalized spacial score (nSPS) is 18.2. The van der Waals surface area contributed by atoms with Gasteiger partial charge in [-0.05, 0) is 116 Å². The Hall–Kier alpha value is -4.78. The fourth-order valence-electron chi connectivity index (χ4n) is 9.97. The van der Waals surface area contributed by atoms with Crippen LogP contribution < -0.4 is 4.90 Å². The van der Waals surface area contributed by atoms with E-state index < -0.39 is 0 Å². The molecule has 7 rings (SSSR count). The molecule has 62 heavy (non-hydrogen) atoms. The number of hydrogen-bond acceptors (Lipinski definition) is 5. The van der Waals surface area contributed by atoms with Crippen LogP contribution in [0.4, 0.5) is 11.4 Å². The van der Waals surface area contributed by atoms with Gasteiger partial charge < -0.3 is 19.2 Å². The van der Waals surface area contributed by atoms with Crippen LogP contribution in [-0.4, -0.2) is 54.9 Å². The van der Waals surface area contributed by atoms with Gasteiger partial charge in [-0.25, -0.2) is 0 Å². The molecule has 1 aliphatic carbocycles. The Kier molecular flexibility index (Phi) is 14.7. The molecule has 0 atom stereocenters. The van der Waals surface area contributed by atoms with Gasteiger partial charge in [0.25, 0.3) is 0 Å². The van der Waals surface area contributed by atoms with Gasteiger partial charge in [-0.15, -0.1) is 0 Å². The van der Waals surface area contributed by atoms with Crippen molar-refractivity contribution in [2.24, 2.45) is 0 Å². The van der Waals surface area contributed by atoms with Crippen LogP contribution in [0.25, 0.3) is 21.5 Å². The zero-order chi connectivity index (χ0) is 43.9. The molecule has 0 saturated carbocycles. The summed E-state index contributed by atoms with van der Waals surface area (Å²) in [5.74, 6) is -0.0686. The van der Waals surface area contributed by atoms with Gasteiger partial charge in [-0.2, -0.15) is 4.58 Å². The zero-order valence-corrected chi connectivity index (χ0v) is 38.7. The first-order valence-electron chi connectivity index (χ1n) is 23.1. The molecule has 7 heteroatoms. The standard InChI is InChI=1S/C55H66ClN2O4/c1-7-8-9-16-36-61-37-34-57-46-30-26-40-19-11-13-23-44(40)51(46)54(3,4)48(57)32-28-42-21-17-22-43(53(42)56)29-33-49-55(5,6)52-45-24-14-12-20-41(45)27-31-47(52)58(49)35-38-62-50(60)25-15-10-18-39(2)59/h11-14,19-20,23-24,26-33H,7-10,15-18,21-22,25,34-38H2,1-6H3/q+1. The average molecular weight is 855 g/mol. The monoisotopic (exact) mass is 853 g/mol. The molecule has 0 saturated heterocycles. The molecule has 6 nitrogen and oxygen atoms in total. The molecule has 2 heterocycles. The van der Waals surface area contributed by atoms with E-state index in [0.29, 0.717) is 38.8 Å². The summed E-state index contributed by atoms with van der Waals surface area (Å²) in [4.78, 5) is 26.4. The third kappa shape index (κ3) is 9.72. The number of nitrogens with zero attached hydrogens (tertiary/aromatic N) is 2. The largest absolute Gasteiger partial charge is 0.464 e. The smallest absolute Gasteiger partial charge is 0.305 e. The summed E-state index contributed by atoms with van der Waals surface area (Å²) in [5.41, 5.74) is 9.21. The van der Waals surface area contributed by atoms with Crippen molar-refractivity contribution in [2.45, 2.75) is 123 Å². The number of anilines is 1. The maximum atomic E-state index is 12.7. The Balaban J connectivity index is 1.17. The highest BCUT2D eigenvalue weighted by Gasteiger charge is 2.46. The zero-order valence-electron chi connectivity index (χ0n) is 38.0. The molecule has 0 N–H and O–H groups in total. The van der Waals surface area contributed by atoms with Crippen molar-refractivity contribution in [3.8, 4) is 0 Å². The van der Waals surface area contributed by atoms with E-state index in [1.165, 1.54) is 63.3 Å². The highest BCUT2D eigenvalue weighted by molar-refractivity contribution is 6.32. The summed E-state index contributed by atoms with van der Waals surface area (Å²) in [6.07, 6.45) is 18.9. The van der Waals surface area contributed by atoms with E-state index in [0.717, 1.165) is 66.4 Å². The van der Waals surface area contributed by atoms with E-state index in [9.17, 15) is 9.59 Å². The molecule has 4 aromatic rings. The summed E-state index contributed by atoms with van der Waals surface area (Å²) in [7, 11) is 0. The molecule has 3 aliphatic rings. The number of ether oxygens (including phenoxy) is 2. The molecule has 0 spiro atoms. The van der Waals surface area contributed by atoms with Crippen LogP contribution in [0.1, 0.15) is 123 Å². The van der Waals surface area contributed by atoms with Crippen LogP contribution in [0.2, 0.25) is 0 Å². The highest BCUT2D eigenvalue weighted by atomic mass is 35.5. The summed E-state index contributed by atoms with van der Waals surface area (Å²) in [6.45, 7) is 16.2. The Morgan fingerprint density at radius 1 is 0.758 bits per heavy atom. The molecule has 326 valence electrons. The van der Waals surface area contributed by atoms with Gasteiger partial charge in [0.1, 0.15) is 19.0 Å². The maximum absolute atomic E-state index is 12.7. The van der Waals surface area contributed by atoms with Gasteiger partial charge in [0, 0.05) is 59.0 Å². The number of hydrogen-bond donors (Lipinski definition) is 0. The minimum atomic E-state index is -0.315. The number of esters is 1. The van der Waals surface area contributed by atoms with Crippen LogP contribution in [-0.2, 0) is 29.9 Å². The van der Waals surface area contributed by atoms with Gasteiger partial charge in [-0.1, -0.05) is 118 Å². The van der Waals surface area contributed by atoms with Gasteiger partial charge in [0.15, 0.2) is 12.3 Å². The molecule has 4 aromatic carbocycles. The van der Waals surface area contributed by atoms with Crippen LogP contribution in [0.5, 0.6) is 0 Å². The van der Waals surface area contributed by atoms with E-state index in [4.69, 9.17) is 21.1 Å². The third-order valence-corrected chi connectivity index (χ3v) is 13.7. The predicted octanol–water partition coefficient (Wildman–Crippen LogP) is 13.5. The number of carbonyl (C=O) groups is 2. The number of benzene rings is 4. The van der Waals surface area contributed by atoms with Crippen molar-refractivity contribution < 1.29 is 23.6 Å². The van der Waals surface area contributed by atoms with Gasteiger partial charge in [0.05, 0.1) is 12.0 Å². The van der Waals surface area contributed by atoms with Crippen molar-refractivity contribution in [3.63, 3.8) is 0 Å². The summed E-state index contributed by atoms with van der Waals surface area (Å²) in [5, 5.41) is 5.83. The Morgan fingerprint density at radius 2 is 1.47 bits per heavy atom. The molecule has 0 radical (unpaired) electrons. The van der Waals surface area contributed by atoms with E-state index >= 15 is 0 Å². The second-order valence-electron chi connectivity index (χ2n) is 18.4. The van der Waals surface area contributed by atoms with Crippen LogP contribution in [0.3, 0.4) is 0 Å². The number of halogens is 1. The number of fused-ring (bicyclic) bond motifs is 6. The molecule has 0 unspecified atom stereocenters. The van der Waals surface area contributed by atoms with E-state index in [-0.39, 0.29) is 29.2 Å². The first kappa shape index (κ1) is 45.3. The number of allylic oxidation sites excluding steroid dienone is 8. The second kappa shape index (κ2) is 20.2. The van der Waals surface area contributed by atoms with E-state index in [2.05, 4.69) is 141 Å². The van der Waals surface area contributed by atoms with E-state index in [1.54, 1.807) is 6.92 Å². The molecular formula is C55H66ClN2O4+. The Labute approximate surface area is 375 Å². The summed E-state index contributed by atoms with van der Waals surface area (Å²) >= 11 is 7.41. The lowest BCUT2D eigenvalue weighted by atomic mass is 9.78. The first-order valence-corrected chi connectivity index (χ1v) is 23.5. The topological polar surface area (TPSA) is 58.9 Å². The lowest BCUT2D eigenvalue weighted by molar-refractivity contribution is -0.442. The maximum Gasteiger partial charge on any atom is 0.305 e. The van der Waals surface area contributed by atoms with Gasteiger partial charge >= 0.3 is 5.97 Å². The average Bonchev–Trinajstić information content (AvgIpc) is 3.62. The van der Waals surface area contributed by atoms with Crippen molar-refractivity contribution >= 4 is 62.0 Å². The SMILES string of the molecule is CCCCCCOCC[N+]1=C(C=CC2=C(Cl)C(=CC=C3N(CCOC(=O)CCCCC(C)=O)c4ccc5ccccc5c4C3(C)C)CCC2)C(C)(C)c2c1ccc1ccccc21. The molecular weight excluding hydrogens is 788 g/mol. The molecule has 0 fully saturated rings. The van der Waals surface area contributed by atoms with Crippen molar-refractivity contribution in [1.29, 1.82) is 0 Å². The highest BCUT2D eigenvalue weighted by Crippen LogP contribution is 2.51. The first-order chi connectivity index (χ1) is 29.9. The lowest BCUT2D eigenvalue weighted by Gasteiger charge is -2.27. The van der Waals surface area contributed by atoms with Crippen LogP contribution in [0.15, 0.2) is 119 Å². The third-order valence-electron chi connectivity index (χ3n) is 13.2. The van der Waals surface area contributed by atoms with Gasteiger partial charge in [0.2, 0.25) is 5.69 Å². The minimum Gasteiger partial charge on any atom is -0.464 e. The van der Waals surface area contributed by atoms with Crippen molar-refractivity contribution in [2.75, 3.05) is 37.8 Å².